The first-order valence-electron chi connectivity index (χ1n) is 7.14. The van der Waals surface area contributed by atoms with Crippen molar-refractivity contribution in [2.75, 3.05) is 32.5 Å². The van der Waals surface area contributed by atoms with E-state index in [1.54, 1.807) is 12.3 Å². The molecule has 0 saturated carbocycles. The molecule has 1 aromatic heterocycles. The first-order chi connectivity index (χ1) is 10.5. The third kappa shape index (κ3) is 4.82. The summed E-state index contributed by atoms with van der Waals surface area (Å²) < 4.78 is 0. The number of amides is 1. The lowest BCUT2D eigenvalue weighted by Crippen LogP contribution is -2.31. The Hall–Kier alpha value is -2.47. The molecule has 0 atom stereocenters. The molecule has 6 nitrogen and oxygen atoms in total. The topological polar surface area (TPSA) is 70.2 Å². The molecular formula is C16H21N5O. The van der Waals surface area contributed by atoms with E-state index in [1.807, 2.05) is 50.2 Å². The van der Waals surface area contributed by atoms with Crippen LogP contribution >= 0.6 is 0 Å². The second-order valence-corrected chi connectivity index (χ2v) is 5.32. The number of rotatable bonds is 6. The Labute approximate surface area is 130 Å². The van der Waals surface area contributed by atoms with Crippen molar-refractivity contribution in [1.29, 1.82) is 0 Å². The number of nitrogens with zero attached hydrogens (tertiary/aromatic N) is 3. The Bertz CT molecular complexity index is 625. The standard InChI is InChI=1S/C16H21N5O/c1-12-4-6-13(7-5-12)19-16-18-9-8-14(20-16)15(22)17-10-11-21(2)3/h4-9H,10-11H2,1-3H3,(H,17,22)(H,18,19,20). The summed E-state index contributed by atoms with van der Waals surface area (Å²) in [6.07, 6.45) is 1.57. The Balaban J connectivity index is 2.00. The Morgan fingerprint density at radius 2 is 1.91 bits per heavy atom. The molecule has 1 heterocycles. The third-order valence-electron chi connectivity index (χ3n) is 3.04. The molecule has 0 fully saturated rings. The molecule has 1 amide bonds. The molecule has 22 heavy (non-hydrogen) atoms. The van der Waals surface area contributed by atoms with E-state index in [2.05, 4.69) is 20.6 Å². The van der Waals surface area contributed by atoms with Crippen molar-refractivity contribution in [1.82, 2.24) is 20.2 Å². The van der Waals surface area contributed by atoms with Crippen LogP contribution in [0, 0.1) is 6.92 Å². The van der Waals surface area contributed by atoms with Gasteiger partial charge in [-0.25, -0.2) is 9.97 Å². The predicted molar refractivity (Wildman–Crippen MR) is 87.4 cm³/mol. The molecule has 0 saturated heterocycles. The number of benzene rings is 1. The zero-order valence-corrected chi connectivity index (χ0v) is 13.1. The first-order valence-corrected chi connectivity index (χ1v) is 7.14. The summed E-state index contributed by atoms with van der Waals surface area (Å²) in [6.45, 7) is 3.39. The van der Waals surface area contributed by atoms with Gasteiger partial charge in [-0.05, 0) is 39.2 Å². The molecule has 2 rings (SSSR count). The molecular weight excluding hydrogens is 278 g/mol. The van der Waals surface area contributed by atoms with Crippen LogP contribution in [0.15, 0.2) is 36.5 Å². The van der Waals surface area contributed by atoms with Crippen molar-refractivity contribution in [3.05, 3.63) is 47.8 Å². The highest BCUT2D eigenvalue weighted by Crippen LogP contribution is 2.13. The fraction of sp³-hybridized carbons (Fsp3) is 0.312. The minimum absolute atomic E-state index is 0.198. The smallest absolute Gasteiger partial charge is 0.270 e. The number of nitrogens with one attached hydrogen (secondary N) is 2. The van der Waals surface area contributed by atoms with Crippen LogP contribution in [-0.4, -0.2) is 48.0 Å². The molecule has 0 radical (unpaired) electrons. The van der Waals surface area contributed by atoms with Gasteiger partial charge in [-0.15, -0.1) is 0 Å². The van der Waals surface area contributed by atoms with Gasteiger partial charge in [-0.1, -0.05) is 17.7 Å². The maximum Gasteiger partial charge on any atom is 0.270 e. The summed E-state index contributed by atoms with van der Waals surface area (Å²) in [5.74, 6) is 0.209. The number of aromatic nitrogens is 2. The van der Waals surface area contributed by atoms with Crippen molar-refractivity contribution in [2.24, 2.45) is 0 Å². The Morgan fingerprint density at radius 3 is 2.59 bits per heavy atom. The van der Waals surface area contributed by atoms with E-state index in [0.717, 1.165) is 12.2 Å². The zero-order valence-electron chi connectivity index (χ0n) is 13.1. The van der Waals surface area contributed by atoms with Crippen LogP contribution < -0.4 is 10.6 Å². The Kier molecular flexibility index (Phi) is 5.43. The van der Waals surface area contributed by atoms with Crippen molar-refractivity contribution < 1.29 is 4.79 Å². The SMILES string of the molecule is Cc1ccc(Nc2nccc(C(=O)NCCN(C)C)n2)cc1. The zero-order chi connectivity index (χ0) is 15.9. The molecule has 0 aliphatic rings. The van der Waals surface area contributed by atoms with Crippen molar-refractivity contribution in [3.63, 3.8) is 0 Å². The number of likely N-dealkylation sites (N-methyl/N-ethyl adjacent to an activating group) is 1. The van der Waals surface area contributed by atoms with Gasteiger partial charge in [0, 0.05) is 25.0 Å². The molecule has 2 N–H and O–H groups in total. The normalized spacial score (nSPS) is 10.5. The molecule has 0 aliphatic carbocycles. The van der Waals surface area contributed by atoms with Crippen LogP contribution in [0.2, 0.25) is 0 Å². The van der Waals surface area contributed by atoms with Gasteiger partial charge < -0.3 is 15.5 Å². The average molecular weight is 299 g/mol. The number of carbonyl (C=O) groups excluding carboxylic acids is 1. The van der Waals surface area contributed by atoms with Crippen LogP contribution in [0.5, 0.6) is 0 Å². The van der Waals surface area contributed by atoms with Crippen LogP contribution in [0.3, 0.4) is 0 Å². The number of hydrogen-bond donors (Lipinski definition) is 2. The van der Waals surface area contributed by atoms with Crippen LogP contribution in [0.1, 0.15) is 16.1 Å². The van der Waals surface area contributed by atoms with Crippen molar-refractivity contribution in [2.45, 2.75) is 6.92 Å². The minimum Gasteiger partial charge on any atom is -0.349 e. The minimum atomic E-state index is -0.198. The summed E-state index contributed by atoms with van der Waals surface area (Å²) in [6, 6.07) is 9.50. The lowest BCUT2D eigenvalue weighted by atomic mass is 10.2. The number of anilines is 2. The van der Waals surface area contributed by atoms with Gasteiger partial charge in [-0.3, -0.25) is 4.79 Å². The largest absolute Gasteiger partial charge is 0.349 e. The Morgan fingerprint density at radius 1 is 1.18 bits per heavy atom. The van der Waals surface area contributed by atoms with Crippen molar-refractivity contribution >= 4 is 17.5 Å². The number of hydrogen-bond acceptors (Lipinski definition) is 5. The van der Waals surface area contributed by atoms with Crippen LogP contribution in [0.25, 0.3) is 0 Å². The molecule has 0 bridgehead atoms. The summed E-state index contributed by atoms with van der Waals surface area (Å²) >= 11 is 0. The fourth-order valence-corrected chi connectivity index (χ4v) is 1.79. The number of aryl methyl sites for hydroxylation is 1. The van der Waals surface area contributed by atoms with E-state index in [-0.39, 0.29) is 5.91 Å². The molecule has 0 spiro atoms. The average Bonchev–Trinajstić information content (AvgIpc) is 2.49. The van der Waals surface area contributed by atoms with Gasteiger partial charge in [0.15, 0.2) is 0 Å². The van der Waals surface area contributed by atoms with Gasteiger partial charge in [0.25, 0.3) is 5.91 Å². The highest BCUT2D eigenvalue weighted by molar-refractivity contribution is 5.92. The van der Waals surface area contributed by atoms with Crippen LogP contribution in [0.4, 0.5) is 11.6 Å². The molecule has 116 valence electrons. The van der Waals surface area contributed by atoms with Gasteiger partial charge in [0.05, 0.1) is 0 Å². The maximum absolute atomic E-state index is 12.0. The van der Waals surface area contributed by atoms with E-state index in [9.17, 15) is 4.79 Å². The van der Waals surface area contributed by atoms with E-state index in [1.165, 1.54) is 5.56 Å². The molecule has 0 unspecified atom stereocenters. The molecule has 6 heteroatoms. The van der Waals surface area contributed by atoms with E-state index in [4.69, 9.17) is 0 Å². The highest BCUT2D eigenvalue weighted by atomic mass is 16.1. The monoisotopic (exact) mass is 299 g/mol. The van der Waals surface area contributed by atoms with Crippen molar-refractivity contribution in [3.8, 4) is 0 Å². The summed E-state index contributed by atoms with van der Waals surface area (Å²) in [7, 11) is 3.92. The van der Waals surface area contributed by atoms with E-state index >= 15 is 0 Å². The fourth-order valence-electron chi connectivity index (χ4n) is 1.79. The lowest BCUT2D eigenvalue weighted by molar-refractivity contribution is 0.0946. The van der Waals surface area contributed by atoms with Gasteiger partial charge in [0.1, 0.15) is 5.69 Å². The highest BCUT2D eigenvalue weighted by Gasteiger charge is 2.08. The molecule has 1 aromatic carbocycles. The van der Waals surface area contributed by atoms with Gasteiger partial charge in [0.2, 0.25) is 5.95 Å². The summed E-state index contributed by atoms with van der Waals surface area (Å²) in [5.41, 5.74) is 2.42. The summed E-state index contributed by atoms with van der Waals surface area (Å²) in [4.78, 5) is 22.4. The maximum atomic E-state index is 12.0. The quantitative estimate of drug-likeness (QED) is 0.851. The van der Waals surface area contributed by atoms with Gasteiger partial charge >= 0.3 is 0 Å². The summed E-state index contributed by atoms with van der Waals surface area (Å²) in [5, 5.41) is 5.92. The first kappa shape index (κ1) is 15.9. The molecule has 2 aromatic rings. The molecule has 0 aliphatic heterocycles. The van der Waals surface area contributed by atoms with Crippen LogP contribution in [-0.2, 0) is 0 Å². The van der Waals surface area contributed by atoms with Gasteiger partial charge in [-0.2, -0.15) is 0 Å². The second kappa shape index (κ2) is 7.51. The van der Waals surface area contributed by atoms with E-state index in [0.29, 0.717) is 18.2 Å². The lowest BCUT2D eigenvalue weighted by Gasteiger charge is -2.10. The predicted octanol–water partition coefficient (Wildman–Crippen LogP) is 1.82. The second-order valence-electron chi connectivity index (χ2n) is 5.32. The third-order valence-corrected chi connectivity index (χ3v) is 3.04. The number of carbonyl (C=O) groups is 1. The van der Waals surface area contributed by atoms with E-state index < -0.39 is 0 Å².